The van der Waals surface area contributed by atoms with Crippen LogP contribution in [0.3, 0.4) is 0 Å². The highest BCUT2D eigenvalue weighted by molar-refractivity contribution is 7.91. The Kier molecular flexibility index (Phi) is 6.79. The van der Waals surface area contributed by atoms with Crippen molar-refractivity contribution in [3.8, 4) is 0 Å². The topological polar surface area (TPSA) is 93.7 Å². The molecule has 1 atom stereocenters. The van der Waals surface area contributed by atoms with E-state index in [-0.39, 0.29) is 5.91 Å². The zero-order chi connectivity index (χ0) is 24.6. The molecule has 3 aliphatic heterocycles. The minimum absolute atomic E-state index is 0.124. The van der Waals surface area contributed by atoms with Crippen LogP contribution < -0.4 is 10.2 Å². The number of hydrogen-bond donors (Lipinski definition) is 1. The molecule has 4 heterocycles. The van der Waals surface area contributed by atoms with Gasteiger partial charge in [-0.1, -0.05) is 12.1 Å². The average molecular weight is 510 g/mol. The van der Waals surface area contributed by atoms with Gasteiger partial charge >= 0.3 is 0 Å². The first kappa shape index (κ1) is 24.0. The number of hydrogen-bond acceptors (Lipinski definition) is 7. The number of amides is 1. The number of nitrogens with zero attached hydrogens (tertiary/aromatic N) is 4. The fourth-order valence-electron chi connectivity index (χ4n) is 5.60. The van der Waals surface area contributed by atoms with Crippen molar-refractivity contribution in [2.75, 3.05) is 49.3 Å². The van der Waals surface area contributed by atoms with E-state index in [9.17, 15) is 9.35 Å². The summed E-state index contributed by atoms with van der Waals surface area (Å²) in [4.78, 5) is 27.4. The number of benzene rings is 1. The lowest BCUT2D eigenvalue weighted by Crippen LogP contribution is -2.35. The first-order valence-electron chi connectivity index (χ1n) is 13.3. The summed E-state index contributed by atoms with van der Waals surface area (Å²) in [6.07, 6.45) is 6.91. The van der Waals surface area contributed by atoms with E-state index in [0.717, 1.165) is 99.2 Å². The fourth-order valence-corrected chi connectivity index (χ4v) is 6.91. The summed E-state index contributed by atoms with van der Waals surface area (Å²) in [6, 6.07) is 8.96. The number of aryl methyl sites for hydroxylation is 1. The predicted molar refractivity (Wildman–Crippen MR) is 140 cm³/mol. The van der Waals surface area contributed by atoms with Crippen LogP contribution in [0.5, 0.6) is 0 Å². The second-order valence-electron chi connectivity index (χ2n) is 10.5. The number of anilines is 2. The lowest BCUT2D eigenvalue weighted by molar-refractivity contribution is 0.0785. The highest BCUT2D eigenvalue weighted by atomic mass is 32.2. The van der Waals surface area contributed by atoms with Crippen molar-refractivity contribution in [3.63, 3.8) is 0 Å². The van der Waals surface area contributed by atoms with Crippen molar-refractivity contribution in [3.05, 3.63) is 41.1 Å². The first-order chi connectivity index (χ1) is 17.6. The van der Waals surface area contributed by atoms with E-state index in [0.29, 0.717) is 23.8 Å². The molecule has 9 heteroatoms. The third-order valence-corrected chi connectivity index (χ3v) is 9.52. The average Bonchev–Trinajstić information content (AvgIpc) is 3.71. The molecule has 3 fully saturated rings. The van der Waals surface area contributed by atoms with Gasteiger partial charge in [0, 0.05) is 57.4 Å². The molecule has 0 bridgehead atoms. The molecule has 8 nitrogen and oxygen atoms in total. The van der Waals surface area contributed by atoms with Crippen molar-refractivity contribution in [1.82, 2.24) is 14.9 Å². The SMILES string of the molecule is CN(C(=O)c1ccc(C2CCN(c3nc4c(c(NC5CCOCC5)n3)[S+]([O-])CC4)CC2)cc1)C1CC1. The van der Waals surface area contributed by atoms with Gasteiger partial charge in [-0.15, -0.1) is 0 Å². The number of piperidine rings is 1. The summed E-state index contributed by atoms with van der Waals surface area (Å²) in [6.45, 7) is 3.27. The van der Waals surface area contributed by atoms with Crippen LogP contribution in [0, 0.1) is 0 Å². The summed E-state index contributed by atoms with van der Waals surface area (Å²) in [5.41, 5.74) is 3.01. The fraction of sp³-hybridized carbons (Fsp3) is 0.593. The summed E-state index contributed by atoms with van der Waals surface area (Å²) in [5, 5.41) is 3.58. The van der Waals surface area contributed by atoms with Crippen molar-refractivity contribution in [2.45, 2.75) is 67.8 Å². The Bertz CT molecular complexity index is 1100. The van der Waals surface area contributed by atoms with Crippen LogP contribution >= 0.6 is 0 Å². The van der Waals surface area contributed by atoms with E-state index >= 15 is 0 Å². The van der Waals surface area contributed by atoms with E-state index in [2.05, 4.69) is 22.3 Å². The van der Waals surface area contributed by atoms with E-state index in [1.165, 1.54) is 5.56 Å². The molecule has 1 aromatic heterocycles. The Labute approximate surface area is 216 Å². The minimum atomic E-state index is -1.03. The second kappa shape index (κ2) is 10.2. The molecule has 36 heavy (non-hydrogen) atoms. The number of rotatable bonds is 6. The van der Waals surface area contributed by atoms with E-state index in [1.807, 2.05) is 24.1 Å². The van der Waals surface area contributed by atoms with E-state index in [4.69, 9.17) is 14.7 Å². The Morgan fingerprint density at radius 1 is 1.08 bits per heavy atom. The Morgan fingerprint density at radius 3 is 2.50 bits per heavy atom. The molecule has 1 amide bonds. The number of aromatic nitrogens is 2. The first-order valence-corrected chi connectivity index (χ1v) is 14.6. The number of fused-ring (bicyclic) bond motifs is 1. The monoisotopic (exact) mass is 509 g/mol. The summed E-state index contributed by atoms with van der Waals surface area (Å²) in [7, 11) is 1.91. The third kappa shape index (κ3) is 4.93. The van der Waals surface area contributed by atoms with Crippen molar-refractivity contribution >= 4 is 28.8 Å². The molecular formula is C27H35N5O3S. The standard InChI is InChI=1S/C27H35N5O3S/c1-31(22-6-7-22)26(33)20-4-2-18(3-5-20)19-8-13-32(14-9-19)27-29-23-12-17-36(34)24(23)25(30-27)28-21-10-15-35-16-11-21/h2-5,19,21-22H,6-17H2,1H3,(H,28,29,30). The highest BCUT2D eigenvalue weighted by Gasteiger charge is 2.34. The molecule has 1 saturated carbocycles. The maximum absolute atomic E-state index is 12.7. The zero-order valence-corrected chi connectivity index (χ0v) is 21.8. The molecule has 0 spiro atoms. The molecule has 4 aliphatic rings. The number of carbonyl (C=O) groups is 1. The van der Waals surface area contributed by atoms with Crippen LogP contribution in [0.4, 0.5) is 11.8 Å². The van der Waals surface area contributed by atoms with Gasteiger partial charge in [-0.3, -0.25) is 4.79 Å². The molecule has 1 unspecified atom stereocenters. The van der Waals surface area contributed by atoms with Gasteiger partial charge in [0.15, 0.2) is 5.82 Å². The van der Waals surface area contributed by atoms with Gasteiger partial charge in [0.2, 0.25) is 10.8 Å². The maximum Gasteiger partial charge on any atom is 0.253 e. The molecule has 1 N–H and O–H groups in total. The summed E-state index contributed by atoms with van der Waals surface area (Å²) in [5.74, 6) is 2.74. The van der Waals surface area contributed by atoms with Crippen LogP contribution in [0.15, 0.2) is 29.2 Å². The molecule has 192 valence electrons. The van der Waals surface area contributed by atoms with Gasteiger partial charge in [-0.05, 0) is 73.3 Å². The zero-order valence-electron chi connectivity index (χ0n) is 20.9. The molecule has 2 aromatic rings. The van der Waals surface area contributed by atoms with E-state index in [1.54, 1.807) is 0 Å². The quantitative estimate of drug-likeness (QED) is 0.597. The van der Waals surface area contributed by atoms with Crippen molar-refractivity contribution < 1.29 is 14.1 Å². The van der Waals surface area contributed by atoms with E-state index < -0.39 is 11.2 Å². The van der Waals surface area contributed by atoms with Gasteiger partial charge in [-0.2, -0.15) is 4.98 Å². The van der Waals surface area contributed by atoms with Crippen LogP contribution in [-0.2, 0) is 22.3 Å². The molecular weight excluding hydrogens is 474 g/mol. The molecule has 1 aliphatic carbocycles. The predicted octanol–water partition coefficient (Wildman–Crippen LogP) is 3.35. The number of ether oxygens (including phenoxy) is 1. The van der Waals surface area contributed by atoms with Crippen LogP contribution in [0.25, 0.3) is 0 Å². The van der Waals surface area contributed by atoms with Crippen molar-refractivity contribution in [2.24, 2.45) is 0 Å². The van der Waals surface area contributed by atoms with Crippen LogP contribution in [-0.4, -0.2) is 76.5 Å². The van der Waals surface area contributed by atoms with Gasteiger partial charge in [0.1, 0.15) is 11.4 Å². The van der Waals surface area contributed by atoms with Gasteiger partial charge < -0.3 is 24.4 Å². The highest BCUT2D eigenvalue weighted by Crippen LogP contribution is 2.35. The molecule has 2 saturated heterocycles. The summed E-state index contributed by atoms with van der Waals surface area (Å²) < 4.78 is 18.2. The Balaban J connectivity index is 1.12. The molecule has 6 rings (SSSR count). The Morgan fingerprint density at radius 2 is 1.81 bits per heavy atom. The molecule has 1 aromatic carbocycles. The molecule has 0 radical (unpaired) electrons. The van der Waals surface area contributed by atoms with Crippen LogP contribution in [0.1, 0.15) is 66.1 Å². The normalized spacial score (nSPS) is 22.9. The van der Waals surface area contributed by atoms with Gasteiger partial charge in [0.05, 0.1) is 0 Å². The van der Waals surface area contributed by atoms with Crippen LogP contribution in [0.2, 0.25) is 0 Å². The largest absolute Gasteiger partial charge is 0.611 e. The summed E-state index contributed by atoms with van der Waals surface area (Å²) >= 11 is -1.03. The maximum atomic E-state index is 12.7. The van der Waals surface area contributed by atoms with Gasteiger partial charge in [0.25, 0.3) is 5.91 Å². The smallest absolute Gasteiger partial charge is 0.253 e. The lowest BCUT2D eigenvalue weighted by Gasteiger charge is -2.33. The minimum Gasteiger partial charge on any atom is -0.611 e. The van der Waals surface area contributed by atoms with Crippen molar-refractivity contribution in [1.29, 1.82) is 0 Å². The Hall–Kier alpha value is -2.36. The van der Waals surface area contributed by atoms with Gasteiger partial charge in [-0.25, -0.2) is 4.98 Å². The number of carbonyl (C=O) groups excluding carboxylic acids is 1. The lowest BCUT2D eigenvalue weighted by atomic mass is 9.89. The number of nitrogens with one attached hydrogen (secondary N) is 1. The second-order valence-corrected chi connectivity index (χ2v) is 12.0. The third-order valence-electron chi connectivity index (χ3n) is 8.06.